The number of ether oxygens (including phenoxy) is 1. The maximum atomic E-state index is 11.8. The first kappa shape index (κ1) is 13.7. The second-order valence-electron chi connectivity index (χ2n) is 4.31. The number of hydrogen-bond donors (Lipinski definition) is 3. The van der Waals surface area contributed by atoms with Crippen LogP contribution in [0.5, 0.6) is 0 Å². The third kappa shape index (κ3) is 2.65. The van der Waals surface area contributed by atoms with Crippen LogP contribution in [0.3, 0.4) is 0 Å². The Hall–Kier alpha value is -1.77. The zero-order valence-electron chi connectivity index (χ0n) is 10.0. The van der Waals surface area contributed by atoms with Crippen molar-refractivity contribution in [2.45, 2.75) is 31.0 Å². The van der Waals surface area contributed by atoms with Gasteiger partial charge in [0.2, 0.25) is 5.91 Å². The summed E-state index contributed by atoms with van der Waals surface area (Å²) in [6.07, 6.45) is -1.12. The lowest BCUT2D eigenvalue weighted by Gasteiger charge is -2.26. The lowest BCUT2D eigenvalue weighted by Crippen LogP contribution is -2.45. The minimum atomic E-state index is -1.29. The quantitative estimate of drug-likeness (QED) is 0.496. The number of amides is 1. The van der Waals surface area contributed by atoms with Gasteiger partial charge in [0.15, 0.2) is 6.23 Å². The number of aliphatic hydroxyl groups is 2. The van der Waals surface area contributed by atoms with E-state index in [0.29, 0.717) is 6.29 Å². The van der Waals surface area contributed by atoms with Crippen LogP contribution < -0.4 is 5.73 Å². The molecule has 0 unspecified atom stereocenters. The molecule has 2 aliphatic rings. The average molecular weight is 269 g/mol. The van der Waals surface area contributed by atoms with Gasteiger partial charge in [-0.1, -0.05) is 0 Å². The largest absolute Gasteiger partial charge is 0.388 e. The first-order chi connectivity index (χ1) is 9.04. The molecule has 19 heavy (non-hydrogen) atoms. The van der Waals surface area contributed by atoms with Crippen molar-refractivity contribution in [3.63, 3.8) is 0 Å². The molecule has 2 aliphatic heterocycles. The van der Waals surface area contributed by atoms with Crippen molar-refractivity contribution >= 4 is 18.0 Å². The van der Waals surface area contributed by atoms with Gasteiger partial charge in [-0.2, -0.15) is 0 Å². The average Bonchev–Trinajstić information content (AvgIpc) is 2.56. The minimum absolute atomic E-state index is 0.0564. The van der Waals surface area contributed by atoms with Crippen LogP contribution in [0.4, 0.5) is 0 Å². The fourth-order valence-corrected chi connectivity index (χ4v) is 2.01. The Morgan fingerprint density at radius 2 is 2.26 bits per heavy atom. The Labute approximate surface area is 109 Å². The van der Waals surface area contributed by atoms with Crippen molar-refractivity contribution in [2.24, 2.45) is 10.7 Å². The molecule has 8 heteroatoms. The summed E-state index contributed by atoms with van der Waals surface area (Å²) in [5.74, 6) is -0.229. The maximum Gasteiger partial charge on any atom is 0.250 e. The van der Waals surface area contributed by atoms with Crippen LogP contribution in [0.15, 0.2) is 17.3 Å². The lowest BCUT2D eigenvalue weighted by atomic mass is 10.1. The number of amidine groups is 1. The third-order valence-corrected chi connectivity index (χ3v) is 3.03. The van der Waals surface area contributed by atoms with Gasteiger partial charge in [-0.3, -0.25) is 14.7 Å². The van der Waals surface area contributed by atoms with E-state index in [4.69, 9.17) is 10.5 Å². The number of carbonyl (C=O) groups is 2. The van der Waals surface area contributed by atoms with E-state index in [-0.39, 0.29) is 18.8 Å². The number of aliphatic imine (C=N–C) groups is 1. The van der Waals surface area contributed by atoms with Crippen LogP contribution in [0.25, 0.3) is 0 Å². The van der Waals surface area contributed by atoms with Crippen molar-refractivity contribution in [1.29, 1.82) is 0 Å². The van der Waals surface area contributed by atoms with E-state index in [0.717, 1.165) is 4.90 Å². The van der Waals surface area contributed by atoms with E-state index in [1.165, 1.54) is 12.3 Å². The molecule has 4 N–H and O–H groups in total. The highest BCUT2D eigenvalue weighted by molar-refractivity contribution is 5.95. The Kier molecular flexibility index (Phi) is 3.93. The van der Waals surface area contributed by atoms with E-state index in [2.05, 4.69) is 4.99 Å². The fourth-order valence-electron chi connectivity index (χ4n) is 2.01. The molecule has 0 saturated carbocycles. The van der Waals surface area contributed by atoms with Gasteiger partial charge in [0.05, 0.1) is 6.10 Å². The molecule has 4 atom stereocenters. The van der Waals surface area contributed by atoms with Crippen molar-refractivity contribution in [2.75, 3.05) is 6.54 Å². The maximum absolute atomic E-state index is 11.8. The summed E-state index contributed by atoms with van der Waals surface area (Å²) in [7, 11) is 0. The molecular formula is C11H15N3O5. The van der Waals surface area contributed by atoms with Gasteiger partial charge in [0.1, 0.15) is 30.9 Å². The molecule has 1 fully saturated rings. The molecule has 0 bridgehead atoms. The van der Waals surface area contributed by atoms with Gasteiger partial charge in [0.25, 0.3) is 0 Å². The van der Waals surface area contributed by atoms with Crippen LogP contribution >= 0.6 is 0 Å². The fraction of sp³-hybridized carbons (Fsp3) is 0.545. The number of nitrogens with two attached hydrogens (primary N) is 1. The predicted molar refractivity (Wildman–Crippen MR) is 63.8 cm³/mol. The summed E-state index contributed by atoms with van der Waals surface area (Å²) in [6, 6.07) is 0. The number of hydrogen-bond acceptors (Lipinski definition) is 7. The van der Waals surface area contributed by atoms with E-state index in [9.17, 15) is 19.8 Å². The zero-order chi connectivity index (χ0) is 14.0. The molecule has 0 radical (unpaired) electrons. The molecule has 2 heterocycles. The first-order valence-electron chi connectivity index (χ1n) is 5.79. The normalized spacial score (nSPS) is 35.2. The van der Waals surface area contributed by atoms with Crippen molar-refractivity contribution < 1.29 is 24.5 Å². The van der Waals surface area contributed by atoms with Gasteiger partial charge < -0.3 is 25.5 Å². The van der Waals surface area contributed by atoms with E-state index < -0.39 is 30.4 Å². The molecule has 0 aromatic heterocycles. The molecule has 2 rings (SSSR count). The summed E-state index contributed by atoms with van der Waals surface area (Å²) < 4.78 is 5.36. The zero-order valence-corrected chi connectivity index (χ0v) is 10.0. The highest BCUT2D eigenvalue weighted by Gasteiger charge is 2.46. The Morgan fingerprint density at radius 1 is 1.53 bits per heavy atom. The Bertz CT molecular complexity index is 436. The molecular weight excluding hydrogens is 254 g/mol. The van der Waals surface area contributed by atoms with Crippen LogP contribution in [-0.4, -0.2) is 64.2 Å². The molecule has 8 nitrogen and oxygen atoms in total. The summed E-state index contributed by atoms with van der Waals surface area (Å²) in [5.41, 5.74) is 5.48. The van der Waals surface area contributed by atoms with Gasteiger partial charge >= 0.3 is 0 Å². The smallest absolute Gasteiger partial charge is 0.250 e. The lowest BCUT2D eigenvalue weighted by molar-refractivity contribution is -0.143. The van der Waals surface area contributed by atoms with Gasteiger partial charge in [0, 0.05) is 12.6 Å². The van der Waals surface area contributed by atoms with E-state index >= 15 is 0 Å². The second-order valence-corrected chi connectivity index (χ2v) is 4.31. The third-order valence-electron chi connectivity index (χ3n) is 3.03. The highest BCUT2D eigenvalue weighted by Crippen LogP contribution is 2.26. The van der Waals surface area contributed by atoms with Gasteiger partial charge in [-0.25, -0.2) is 0 Å². The van der Waals surface area contributed by atoms with Gasteiger partial charge in [-0.05, 0) is 6.08 Å². The molecule has 0 spiro atoms. The van der Waals surface area contributed by atoms with Crippen LogP contribution in [-0.2, 0) is 14.3 Å². The summed E-state index contributed by atoms with van der Waals surface area (Å²) in [4.78, 5) is 27.2. The van der Waals surface area contributed by atoms with E-state index in [1.54, 1.807) is 0 Å². The Balaban J connectivity index is 2.15. The summed E-state index contributed by atoms with van der Waals surface area (Å²) >= 11 is 0. The minimum Gasteiger partial charge on any atom is -0.388 e. The van der Waals surface area contributed by atoms with Crippen LogP contribution in [0.1, 0.15) is 6.42 Å². The van der Waals surface area contributed by atoms with Crippen molar-refractivity contribution in [1.82, 2.24) is 4.90 Å². The predicted octanol–water partition coefficient (Wildman–Crippen LogP) is -2.26. The summed E-state index contributed by atoms with van der Waals surface area (Å²) in [5, 5.41) is 19.6. The number of carbonyl (C=O) groups excluding carboxylic acids is 2. The Morgan fingerprint density at radius 3 is 2.95 bits per heavy atom. The number of aldehydes is 1. The standard InChI is InChI=1S/C11H15N3O5/c12-7-1-3-14(8(16)5-13-7)11-10(18)9(17)6(19-11)2-4-15/h1,3-4,6,9-11,17-18H,2,5H2,(H2,12,13)/t6-,9-,10+,11-/m1/s1. The second kappa shape index (κ2) is 5.47. The molecule has 1 amide bonds. The monoisotopic (exact) mass is 269 g/mol. The molecule has 104 valence electrons. The topological polar surface area (TPSA) is 125 Å². The molecule has 0 aliphatic carbocycles. The van der Waals surface area contributed by atoms with Crippen molar-refractivity contribution in [3.8, 4) is 0 Å². The molecule has 1 saturated heterocycles. The number of aliphatic hydroxyl groups excluding tert-OH is 2. The van der Waals surface area contributed by atoms with Gasteiger partial charge in [-0.15, -0.1) is 0 Å². The SMILES string of the molecule is NC1=NCC(=O)N([C@@H]2O[C@H](CC=O)[C@@H](O)[C@@H]2O)C=C1. The van der Waals surface area contributed by atoms with Crippen LogP contribution in [0, 0.1) is 0 Å². The van der Waals surface area contributed by atoms with E-state index in [1.807, 2.05) is 0 Å². The highest BCUT2D eigenvalue weighted by atomic mass is 16.6. The number of rotatable bonds is 3. The van der Waals surface area contributed by atoms with Crippen LogP contribution in [0.2, 0.25) is 0 Å². The molecule has 0 aromatic carbocycles. The summed E-state index contributed by atoms with van der Waals surface area (Å²) in [6.45, 7) is -0.167. The number of nitrogens with zero attached hydrogens (tertiary/aromatic N) is 2. The molecule has 0 aromatic rings. The first-order valence-corrected chi connectivity index (χ1v) is 5.79. The van der Waals surface area contributed by atoms with Crippen molar-refractivity contribution in [3.05, 3.63) is 12.3 Å².